The molecule has 0 aliphatic heterocycles. The maximum atomic E-state index is 14.2. The third-order valence-corrected chi connectivity index (χ3v) is 3.59. The molecule has 0 heterocycles. The van der Waals surface area contributed by atoms with Gasteiger partial charge in [0.2, 0.25) is 0 Å². The van der Waals surface area contributed by atoms with Crippen LogP contribution in [0.1, 0.15) is 25.7 Å². The summed E-state index contributed by atoms with van der Waals surface area (Å²) in [5.74, 6) is -5.40. The van der Waals surface area contributed by atoms with Crippen LogP contribution in [0.25, 0.3) is 0 Å². The summed E-state index contributed by atoms with van der Waals surface area (Å²) < 4.78 is 66.0. The summed E-state index contributed by atoms with van der Waals surface area (Å²) in [5, 5.41) is 0. The highest BCUT2D eigenvalue weighted by atomic mass is 19.2. The molecule has 0 aromatic heterocycles. The van der Waals surface area contributed by atoms with E-state index in [0.29, 0.717) is 19.4 Å². The fraction of sp³-hybridized carbons (Fsp3) is 0.400. The van der Waals surface area contributed by atoms with Gasteiger partial charge in [-0.05, 0) is 36.8 Å². The predicted molar refractivity (Wildman–Crippen MR) is 97.3 cm³/mol. The van der Waals surface area contributed by atoms with Crippen LogP contribution < -0.4 is 0 Å². The van der Waals surface area contributed by atoms with E-state index in [4.69, 9.17) is 9.47 Å². The lowest BCUT2D eigenvalue weighted by Gasteiger charge is -2.10. The highest BCUT2D eigenvalue weighted by Crippen LogP contribution is 2.33. The number of ether oxygens (including phenoxy) is 2. The van der Waals surface area contributed by atoms with Crippen LogP contribution in [-0.2, 0) is 9.47 Å². The largest absolute Gasteiger partial charge is 0.385 e. The minimum absolute atomic E-state index is 0.0421. The standard InChI is InChI=1S/C20H26F4O2/c1-13(9-7-8-11-25-5)17(21)19(23)15(3)16(4)20(24)18(22)14(2)10-12-26-6/h1-4,7-12H2,5-6H3/b19-17-,20-18-. The molecule has 0 aromatic carbocycles. The quantitative estimate of drug-likeness (QED) is 0.212. The molecule has 0 radical (unpaired) electrons. The second-order valence-electron chi connectivity index (χ2n) is 5.61. The maximum Gasteiger partial charge on any atom is 0.166 e. The Bertz CT molecular complexity index is 615. The number of halogens is 4. The topological polar surface area (TPSA) is 18.5 Å². The van der Waals surface area contributed by atoms with E-state index in [0.717, 1.165) is 0 Å². The van der Waals surface area contributed by atoms with Gasteiger partial charge in [-0.3, -0.25) is 0 Å². The van der Waals surface area contributed by atoms with Crippen molar-refractivity contribution in [2.75, 3.05) is 27.4 Å². The zero-order chi connectivity index (χ0) is 20.3. The third kappa shape index (κ3) is 7.54. The smallest absolute Gasteiger partial charge is 0.166 e. The second kappa shape index (κ2) is 12.4. The van der Waals surface area contributed by atoms with Gasteiger partial charge in [-0.2, -0.15) is 0 Å². The molecule has 0 aromatic rings. The Balaban J connectivity index is 5.15. The van der Waals surface area contributed by atoms with E-state index in [1.807, 2.05) is 0 Å². The van der Waals surface area contributed by atoms with Crippen molar-refractivity contribution < 1.29 is 27.0 Å². The lowest BCUT2D eigenvalue weighted by atomic mass is 10.0. The van der Waals surface area contributed by atoms with Gasteiger partial charge in [0.1, 0.15) is 0 Å². The number of methoxy groups -OCH3 is 2. The van der Waals surface area contributed by atoms with Crippen molar-refractivity contribution in [1.82, 2.24) is 0 Å². The summed E-state index contributed by atoms with van der Waals surface area (Å²) in [4.78, 5) is 0. The summed E-state index contributed by atoms with van der Waals surface area (Å²) in [6.45, 7) is 14.0. The SMILES string of the molecule is C=C(CCCCOC)/C(F)=C(/F)C(=C)C(=C)/C(F)=C(/F)C(=C)CCOC. The Labute approximate surface area is 152 Å². The van der Waals surface area contributed by atoms with Gasteiger partial charge < -0.3 is 9.47 Å². The summed E-state index contributed by atoms with van der Waals surface area (Å²) in [5.41, 5.74) is -1.65. The molecule has 26 heavy (non-hydrogen) atoms. The van der Waals surface area contributed by atoms with Crippen LogP contribution in [0.3, 0.4) is 0 Å². The van der Waals surface area contributed by atoms with Gasteiger partial charge in [0.05, 0.1) is 6.61 Å². The molecule has 0 saturated heterocycles. The zero-order valence-corrected chi connectivity index (χ0v) is 15.4. The molecule has 0 saturated carbocycles. The van der Waals surface area contributed by atoms with Crippen molar-refractivity contribution in [3.8, 4) is 0 Å². The van der Waals surface area contributed by atoms with E-state index in [-0.39, 0.29) is 30.6 Å². The van der Waals surface area contributed by atoms with Crippen LogP contribution in [0.2, 0.25) is 0 Å². The first-order valence-corrected chi connectivity index (χ1v) is 8.02. The molecule has 6 heteroatoms. The van der Waals surface area contributed by atoms with E-state index in [1.165, 1.54) is 14.2 Å². The molecule has 0 aliphatic carbocycles. The summed E-state index contributed by atoms with van der Waals surface area (Å²) >= 11 is 0. The van der Waals surface area contributed by atoms with E-state index in [9.17, 15) is 17.6 Å². The number of rotatable bonds is 13. The van der Waals surface area contributed by atoms with E-state index in [2.05, 4.69) is 26.3 Å². The average Bonchev–Trinajstić information content (AvgIpc) is 2.65. The fourth-order valence-corrected chi connectivity index (χ4v) is 1.87. The zero-order valence-electron chi connectivity index (χ0n) is 15.4. The third-order valence-electron chi connectivity index (χ3n) is 3.59. The highest BCUT2D eigenvalue weighted by Gasteiger charge is 2.21. The van der Waals surface area contributed by atoms with Gasteiger partial charge in [-0.15, -0.1) is 0 Å². The van der Waals surface area contributed by atoms with Gasteiger partial charge in [0.25, 0.3) is 0 Å². The van der Waals surface area contributed by atoms with Gasteiger partial charge in [0, 0.05) is 32.0 Å². The highest BCUT2D eigenvalue weighted by molar-refractivity contribution is 5.53. The molecule has 0 aliphatic rings. The van der Waals surface area contributed by atoms with Crippen molar-refractivity contribution in [2.24, 2.45) is 0 Å². The number of hydrogen-bond acceptors (Lipinski definition) is 2. The van der Waals surface area contributed by atoms with Crippen molar-refractivity contribution >= 4 is 0 Å². The van der Waals surface area contributed by atoms with Gasteiger partial charge in [0.15, 0.2) is 23.3 Å². The van der Waals surface area contributed by atoms with Crippen LogP contribution in [0.4, 0.5) is 17.6 Å². The number of unbranched alkanes of at least 4 members (excludes halogenated alkanes) is 1. The molecule has 0 fully saturated rings. The minimum atomic E-state index is -1.44. The molecule has 146 valence electrons. The molecule has 0 bridgehead atoms. The van der Waals surface area contributed by atoms with E-state index in [1.54, 1.807) is 0 Å². The molecule has 0 atom stereocenters. The first-order chi connectivity index (χ1) is 12.2. The Hall–Kier alpha value is -1.92. The van der Waals surface area contributed by atoms with Crippen molar-refractivity contribution in [1.29, 1.82) is 0 Å². The average molecular weight is 374 g/mol. The summed E-state index contributed by atoms with van der Waals surface area (Å²) in [6.07, 6.45) is 1.44. The Kier molecular flexibility index (Phi) is 11.5. The molecule has 0 rings (SSSR count). The first kappa shape index (κ1) is 24.1. The van der Waals surface area contributed by atoms with Gasteiger partial charge in [-0.1, -0.05) is 26.3 Å². The molecule has 0 amide bonds. The number of allylic oxidation sites excluding steroid dienone is 7. The Morgan fingerprint density at radius 3 is 1.46 bits per heavy atom. The second-order valence-corrected chi connectivity index (χ2v) is 5.61. The van der Waals surface area contributed by atoms with Crippen molar-refractivity contribution in [3.05, 3.63) is 71.9 Å². The maximum absolute atomic E-state index is 14.2. The first-order valence-electron chi connectivity index (χ1n) is 8.02. The molecular formula is C20H26F4O2. The van der Waals surface area contributed by atoms with Crippen LogP contribution >= 0.6 is 0 Å². The normalized spacial score (nSPS) is 13.0. The predicted octanol–water partition coefficient (Wildman–Crippen LogP) is 6.37. The lowest BCUT2D eigenvalue weighted by molar-refractivity contribution is 0.193. The van der Waals surface area contributed by atoms with Gasteiger partial charge in [-0.25, -0.2) is 17.6 Å². The van der Waals surface area contributed by atoms with Crippen molar-refractivity contribution in [3.63, 3.8) is 0 Å². The van der Waals surface area contributed by atoms with E-state index >= 15 is 0 Å². The van der Waals surface area contributed by atoms with E-state index < -0.39 is 34.5 Å². The van der Waals surface area contributed by atoms with Crippen LogP contribution in [-0.4, -0.2) is 27.4 Å². The molecule has 2 nitrogen and oxygen atoms in total. The Morgan fingerprint density at radius 2 is 1.04 bits per heavy atom. The van der Waals surface area contributed by atoms with Gasteiger partial charge >= 0.3 is 0 Å². The fourth-order valence-electron chi connectivity index (χ4n) is 1.87. The molecule has 0 spiro atoms. The monoisotopic (exact) mass is 374 g/mol. The molecule has 0 N–H and O–H groups in total. The Morgan fingerprint density at radius 1 is 0.615 bits per heavy atom. The van der Waals surface area contributed by atoms with Crippen LogP contribution in [0.15, 0.2) is 71.9 Å². The molecular weight excluding hydrogens is 348 g/mol. The summed E-state index contributed by atoms with van der Waals surface area (Å²) in [7, 11) is 2.94. The lowest BCUT2D eigenvalue weighted by Crippen LogP contribution is -1.98. The minimum Gasteiger partial charge on any atom is -0.385 e. The molecule has 0 unspecified atom stereocenters. The van der Waals surface area contributed by atoms with Crippen molar-refractivity contribution in [2.45, 2.75) is 25.7 Å². The number of hydrogen-bond donors (Lipinski definition) is 0. The summed E-state index contributed by atoms with van der Waals surface area (Å²) in [6, 6.07) is 0. The van der Waals surface area contributed by atoms with Crippen LogP contribution in [0, 0.1) is 0 Å². The van der Waals surface area contributed by atoms with Crippen LogP contribution in [0.5, 0.6) is 0 Å².